The van der Waals surface area contributed by atoms with Crippen LogP contribution in [-0.4, -0.2) is 43.2 Å². The highest BCUT2D eigenvalue weighted by Crippen LogP contribution is 2.20. The van der Waals surface area contributed by atoms with Crippen molar-refractivity contribution in [2.75, 3.05) is 13.1 Å². The molecule has 1 fully saturated rings. The first kappa shape index (κ1) is 18.4. The molecule has 1 amide bonds. The summed E-state index contributed by atoms with van der Waals surface area (Å²) < 4.78 is 3.41. The van der Waals surface area contributed by atoms with Gasteiger partial charge in [-0.3, -0.25) is 18.8 Å². The van der Waals surface area contributed by atoms with E-state index in [2.05, 4.69) is 10.1 Å². The van der Waals surface area contributed by atoms with Crippen molar-refractivity contribution in [3.05, 3.63) is 45.9 Å². The van der Waals surface area contributed by atoms with Crippen LogP contribution in [0.1, 0.15) is 54.5 Å². The van der Waals surface area contributed by atoms with Gasteiger partial charge in [-0.05, 0) is 37.7 Å². The highest BCUT2D eigenvalue weighted by molar-refractivity contribution is 5.92. The first-order valence-electron chi connectivity index (χ1n) is 9.21. The van der Waals surface area contributed by atoms with E-state index in [-0.39, 0.29) is 17.4 Å². The Kier molecular flexibility index (Phi) is 5.25. The zero-order valence-corrected chi connectivity index (χ0v) is 16.0. The molecule has 2 aromatic heterocycles. The largest absolute Gasteiger partial charge is 0.337 e. The molecule has 0 atom stereocenters. The van der Waals surface area contributed by atoms with Gasteiger partial charge in [0.15, 0.2) is 5.69 Å². The molecule has 7 nitrogen and oxygen atoms in total. The van der Waals surface area contributed by atoms with Crippen molar-refractivity contribution in [1.29, 1.82) is 0 Å². The molecule has 7 heteroatoms. The molecule has 0 spiro atoms. The summed E-state index contributed by atoms with van der Waals surface area (Å²) in [5, 5.41) is 4.28. The minimum Gasteiger partial charge on any atom is -0.337 e. The summed E-state index contributed by atoms with van der Waals surface area (Å²) in [7, 11) is 1.84. The van der Waals surface area contributed by atoms with Crippen LogP contribution >= 0.6 is 0 Å². The van der Waals surface area contributed by atoms with Crippen LogP contribution < -0.4 is 5.56 Å². The fraction of sp³-hybridized carbons (Fsp3) is 0.579. The second-order valence-corrected chi connectivity index (χ2v) is 7.49. The molecule has 2 aromatic rings. The van der Waals surface area contributed by atoms with Gasteiger partial charge in [0.05, 0.1) is 12.0 Å². The van der Waals surface area contributed by atoms with Gasteiger partial charge >= 0.3 is 0 Å². The third-order valence-electron chi connectivity index (χ3n) is 5.18. The lowest BCUT2D eigenvalue weighted by molar-refractivity contribution is 0.0675. The van der Waals surface area contributed by atoms with Crippen LogP contribution in [0.15, 0.2) is 23.3 Å². The van der Waals surface area contributed by atoms with Crippen molar-refractivity contribution in [2.45, 2.75) is 46.1 Å². The van der Waals surface area contributed by atoms with Crippen LogP contribution in [-0.2, 0) is 13.6 Å². The third-order valence-corrected chi connectivity index (χ3v) is 5.18. The summed E-state index contributed by atoms with van der Waals surface area (Å²) >= 11 is 0. The molecule has 0 bridgehead atoms. The Balaban J connectivity index is 1.59. The number of rotatable bonds is 4. The van der Waals surface area contributed by atoms with Gasteiger partial charge in [-0.25, -0.2) is 4.98 Å². The van der Waals surface area contributed by atoms with E-state index in [0.717, 1.165) is 24.2 Å². The fourth-order valence-electron chi connectivity index (χ4n) is 3.32. The summed E-state index contributed by atoms with van der Waals surface area (Å²) in [6, 6.07) is 3.46. The SMILES string of the molecule is Cc1cc(C(=O)N2CCC(Cn3cnc(C(C)C)cc3=O)CC2)nn1C. The summed E-state index contributed by atoms with van der Waals surface area (Å²) in [6.45, 7) is 8.06. The molecule has 1 aliphatic rings. The Morgan fingerprint density at radius 2 is 1.96 bits per heavy atom. The van der Waals surface area contributed by atoms with Crippen molar-refractivity contribution in [2.24, 2.45) is 13.0 Å². The predicted molar refractivity (Wildman–Crippen MR) is 99.2 cm³/mol. The van der Waals surface area contributed by atoms with E-state index in [9.17, 15) is 9.59 Å². The number of aryl methyl sites for hydroxylation is 2. The van der Waals surface area contributed by atoms with E-state index in [1.165, 1.54) is 0 Å². The summed E-state index contributed by atoms with van der Waals surface area (Å²) in [5.74, 6) is 0.628. The normalized spacial score (nSPS) is 15.7. The lowest BCUT2D eigenvalue weighted by Gasteiger charge is -2.31. The van der Waals surface area contributed by atoms with Crippen molar-refractivity contribution >= 4 is 5.91 Å². The molecule has 0 saturated carbocycles. The standard InChI is InChI=1S/C19H27N5O2/c1-13(2)16-10-18(25)24(12-20-16)11-15-5-7-23(8-6-15)19(26)17-9-14(3)22(4)21-17/h9-10,12-13,15H,5-8,11H2,1-4H3. The minimum absolute atomic E-state index is 0.00571. The Bertz CT molecular complexity index is 824. The van der Waals surface area contributed by atoms with E-state index in [1.807, 2.05) is 38.8 Å². The summed E-state index contributed by atoms with van der Waals surface area (Å²) in [4.78, 5) is 31.1. The molecule has 0 aromatic carbocycles. The number of hydrogen-bond donors (Lipinski definition) is 0. The van der Waals surface area contributed by atoms with Gasteiger partial charge in [-0.2, -0.15) is 5.10 Å². The zero-order chi connectivity index (χ0) is 18.8. The number of amides is 1. The van der Waals surface area contributed by atoms with E-state index >= 15 is 0 Å². The lowest BCUT2D eigenvalue weighted by atomic mass is 9.96. The van der Waals surface area contributed by atoms with Gasteiger partial charge in [-0.15, -0.1) is 0 Å². The Morgan fingerprint density at radius 3 is 2.50 bits per heavy atom. The molecule has 0 N–H and O–H groups in total. The highest BCUT2D eigenvalue weighted by Gasteiger charge is 2.25. The zero-order valence-electron chi connectivity index (χ0n) is 16.0. The van der Waals surface area contributed by atoms with Gasteiger partial charge < -0.3 is 4.90 Å². The lowest BCUT2D eigenvalue weighted by Crippen LogP contribution is -2.40. The molecule has 1 aliphatic heterocycles. The molecule has 26 heavy (non-hydrogen) atoms. The first-order valence-corrected chi connectivity index (χ1v) is 9.21. The molecule has 0 unspecified atom stereocenters. The van der Waals surface area contributed by atoms with E-state index in [4.69, 9.17) is 0 Å². The number of likely N-dealkylation sites (tertiary alicyclic amines) is 1. The van der Waals surface area contributed by atoms with Gasteiger partial charge in [0.25, 0.3) is 11.5 Å². The van der Waals surface area contributed by atoms with Crippen LogP contribution in [0.25, 0.3) is 0 Å². The second-order valence-electron chi connectivity index (χ2n) is 7.49. The average Bonchev–Trinajstić information content (AvgIpc) is 2.95. The summed E-state index contributed by atoms with van der Waals surface area (Å²) in [5.41, 5.74) is 2.32. The average molecular weight is 357 g/mol. The number of carbonyl (C=O) groups excluding carboxylic acids is 1. The highest BCUT2D eigenvalue weighted by atomic mass is 16.2. The molecule has 3 heterocycles. The first-order chi connectivity index (χ1) is 12.3. The Labute approximate surface area is 153 Å². The van der Waals surface area contributed by atoms with E-state index in [0.29, 0.717) is 31.2 Å². The van der Waals surface area contributed by atoms with Crippen LogP contribution in [0.5, 0.6) is 0 Å². The molecule has 140 valence electrons. The van der Waals surface area contributed by atoms with E-state index in [1.54, 1.807) is 21.6 Å². The van der Waals surface area contributed by atoms with Crippen molar-refractivity contribution in [3.63, 3.8) is 0 Å². The number of nitrogens with zero attached hydrogens (tertiary/aromatic N) is 5. The topological polar surface area (TPSA) is 73.0 Å². The molecule has 1 saturated heterocycles. The smallest absolute Gasteiger partial charge is 0.274 e. The van der Waals surface area contributed by atoms with Crippen molar-refractivity contribution in [3.8, 4) is 0 Å². The number of hydrogen-bond acceptors (Lipinski definition) is 4. The van der Waals surface area contributed by atoms with Gasteiger partial charge in [0, 0.05) is 38.4 Å². The second kappa shape index (κ2) is 7.43. The van der Waals surface area contributed by atoms with Crippen LogP contribution in [0, 0.1) is 12.8 Å². The number of carbonyl (C=O) groups is 1. The van der Waals surface area contributed by atoms with Crippen LogP contribution in [0.2, 0.25) is 0 Å². The fourth-order valence-corrected chi connectivity index (χ4v) is 3.32. The van der Waals surface area contributed by atoms with Gasteiger partial charge in [0.2, 0.25) is 0 Å². The maximum absolute atomic E-state index is 12.6. The summed E-state index contributed by atoms with van der Waals surface area (Å²) in [6.07, 6.45) is 3.43. The number of piperidine rings is 1. The van der Waals surface area contributed by atoms with Gasteiger partial charge in [0.1, 0.15) is 0 Å². The molecular weight excluding hydrogens is 330 g/mol. The molecule has 0 aliphatic carbocycles. The Morgan fingerprint density at radius 1 is 1.27 bits per heavy atom. The maximum Gasteiger partial charge on any atom is 0.274 e. The maximum atomic E-state index is 12.6. The van der Waals surface area contributed by atoms with Crippen molar-refractivity contribution in [1.82, 2.24) is 24.2 Å². The van der Waals surface area contributed by atoms with E-state index < -0.39 is 0 Å². The monoisotopic (exact) mass is 357 g/mol. The molecule has 0 radical (unpaired) electrons. The van der Waals surface area contributed by atoms with Gasteiger partial charge in [-0.1, -0.05) is 13.8 Å². The molecule has 3 rings (SSSR count). The number of aromatic nitrogens is 4. The van der Waals surface area contributed by atoms with Crippen LogP contribution in [0.4, 0.5) is 0 Å². The predicted octanol–water partition coefficient (Wildman–Crippen LogP) is 1.96. The third kappa shape index (κ3) is 3.86. The Hall–Kier alpha value is -2.44. The minimum atomic E-state index is -0.00716. The quantitative estimate of drug-likeness (QED) is 0.838. The molecular formula is C19H27N5O2. The van der Waals surface area contributed by atoms with Crippen LogP contribution in [0.3, 0.4) is 0 Å². The van der Waals surface area contributed by atoms with Crippen molar-refractivity contribution < 1.29 is 4.79 Å².